The van der Waals surface area contributed by atoms with E-state index in [1.165, 1.54) is 5.69 Å². The highest BCUT2D eigenvalue weighted by Gasteiger charge is 2.22. The Balaban J connectivity index is 1.80. The van der Waals surface area contributed by atoms with Crippen molar-refractivity contribution < 1.29 is 9.53 Å². The lowest BCUT2D eigenvalue weighted by Gasteiger charge is -2.33. The first-order valence-electron chi connectivity index (χ1n) is 6.64. The van der Waals surface area contributed by atoms with Crippen molar-refractivity contribution >= 4 is 11.7 Å². The standard InChI is InChI=1S/C14H20N2O2/c1-2-3-14(17)18-13-6-10-16(11-7-13)12-4-8-15-9-5-12/h4-5,8-9,13H,2-3,6-7,10-11H2,1H3. The van der Waals surface area contributed by atoms with Gasteiger partial charge in [0.25, 0.3) is 0 Å². The summed E-state index contributed by atoms with van der Waals surface area (Å²) in [6.45, 7) is 3.87. The van der Waals surface area contributed by atoms with Gasteiger partial charge in [-0.25, -0.2) is 0 Å². The molecule has 0 N–H and O–H groups in total. The number of piperidine rings is 1. The van der Waals surface area contributed by atoms with Crippen LogP contribution in [0, 0.1) is 0 Å². The van der Waals surface area contributed by atoms with Crippen molar-refractivity contribution in [3.8, 4) is 0 Å². The smallest absolute Gasteiger partial charge is 0.306 e. The number of hydrogen-bond donors (Lipinski definition) is 0. The van der Waals surface area contributed by atoms with Crippen molar-refractivity contribution in [2.24, 2.45) is 0 Å². The van der Waals surface area contributed by atoms with E-state index in [1.54, 1.807) is 0 Å². The molecule has 1 aromatic rings. The Morgan fingerprint density at radius 2 is 2.06 bits per heavy atom. The van der Waals surface area contributed by atoms with Gasteiger partial charge in [0.2, 0.25) is 0 Å². The maximum atomic E-state index is 11.4. The summed E-state index contributed by atoms with van der Waals surface area (Å²) in [5.41, 5.74) is 1.20. The molecule has 0 aromatic carbocycles. The van der Waals surface area contributed by atoms with Crippen LogP contribution in [0.4, 0.5) is 5.69 Å². The van der Waals surface area contributed by atoms with E-state index in [-0.39, 0.29) is 12.1 Å². The highest BCUT2D eigenvalue weighted by atomic mass is 16.5. The first-order chi connectivity index (χ1) is 8.79. The van der Waals surface area contributed by atoms with Crippen LogP contribution in [0.15, 0.2) is 24.5 Å². The number of anilines is 1. The Hall–Kier alpha value is -1.58. The molecule has 1 aliphatic heterocycles. The predicted octanol–water partition coefficient (Wildman–Crippen LogP) is 2.39. The van der Waals surface area contributed by atoms with Crippen molar-refractivity contribution in [2.75, 3.05) is 18.0 Å². The molecule has 0 radical (unpaired) electrons. The predicted molar refractivity (Wildman–Crippen MR) is 70.5 cm³/mol. The van der Waals surface area contributed by atoms with Crippen LogP contribution in [0.2, 0.25) is 0 Å². The SMILES string of the molecule is CCCC(=O)OC1CCN(c2ccncc2)CC1. The second-order valence-corrected chi connectivity index (χ2v) is 4.63. The van der Waals surface area contributed by atoms with Crippen LogP contribution in [0.3, 0.4) is 0 Å². The molecule has 2 heterocycles. The number of rotatable bonds is 4. The molecule has 4 heteroatoms. The molecular weight excluding hydrogens is 228 g/mol. The maximum Gasteiger partial charge on any atom is 0.306 e. The third-order valence-electron chi connectivity index (χ3n) is 3.22. The minimum atomic E-state index is -0.0557. The first kappa shape index (κ1) is 12.9. The number of ether oxygens (including phenoxy) is 1. The van der Waals surface area contributed by atoms with Gasteiger partial charge in [-0.05, 0) is 18.6 Å². The van der Waals surface area contributed by atoms with Gasteiger partial charge in [0.15, 0.2) is 0 Å². The lowest BCUT2D eigenvalue weighted by molar-refractivity contribution is -0.150. The minimum absolute atomic E-state index is 0.0557. The lowest BCUT2D eigenvalue weighted by Crippen LogP contribution is -2.37. The average Bonchev–Trinajstić information content (AvgIpc) is 2.41. The van der Waals surface area contributed by atoms with E-state index in [2.05, 4.69) is 9.88 Å². The quantitative estimate of drug-likeness (QED) is 0.767. The van der Waals surface area contributed by atoms with Gasteiger partial charge >= 0.3 is 5.97 Å². The molecule has 0 saturated carbocycles. The molecule has 1 fully saturated rings. The maximum absolute atomic E-state index is 11.4. The van der Waals surface area contributed by atoms with E-state index in [4.69, 9.17) is 4.74 Å². The number of carbonyl (C=O) groups is 1. The summed E-state index contributed by atoms with van der Waals surface area (Å²) in [4.78, 5) is 17.7. The second kappa shape index (κ2) is 6.38. The van der Waals surface area contributed by atoms with E-state index in [9.17, 15) is 4.79 Å². The fourth-order valence-corrected chi connectivity index (χ4v) is 2.24. The summed E-state index contributed by atoms with van der Waals surface area (Å²) in [5.74, 6) is -0.0557. The van der Waals surface area contributed by atoms with Crippen molar-refractivity contribution in [3.63, 3.8) is 0 Å². The van der Waals surface area contributed by atoms with Gasteiger partial charge in [0, 0.05) is 50.4 Å². The van der Waals surface area contributed by atoms with Gasteiger partial charge < -0.3 is 9.64 Å². The number of hydrogen-bond acceptors (Lipinski definition) is 4. The Labute approximate surface area is 108 Å². The molecule has 0 spiro atoms. The van der Waals surface area contributed by atoms with Crippen LogP contribution in [0.5, 0.6) is 0 Å². The zero-order chi connectivity index (χ0) is 12.8. The van der Waals surface area contributed by atoms with E-state index >= 15 is 0 Å². The highest BCUT2D eigenvalue weighted by molar-refractivity contribution is 5.69. The number of aromatic nitrogens is 1. The molecule has 4 nitrogen and oxygen atoms in total. The number of esters is 1. The van der Waals surface area contributed by atoms with Gasteiger partial charge in [-0.2, -0.15) is 0 Å². The molecule has 0 atom stereocenters. The number of pyridine rings is 1. The molecule has 1 saturated heterocycles. The summed E-state index contributed by atoms with van der Waals surface area (Å²) in [6, 6.07) is 4.03. The zero-order valence-electron chi connectivity index (χ0n) is 10.8. The average molecular weight is 248 g/mol. The van der Waals surface area contributed by atoms with Gasteiger partial charge in [0.1, 0.15) is 6.10 Å². The van der Waals surface area contributed by atoms with E-state index in [0.29, 0.717) is 6.42 Å². The number of nitrogens with zero attached hydrogens (tertiary/aromatic N) is 2. The number of carbonyl (C=O) groups excluding carboxylic acids is 1. The van der Waals surface area contributed by atoms with Crippen molar-refractivity contribution in [1.82, 2.24) is 4.98 Å². The van der Waals surface area contributed by atoms with E-state index in [0.717, 1.165) is 32.4 Å². The molecular formula is C14H20N2O2. The monoisotopic (exact) mass is 248 g/mol. The van der Waals surface area contributed by atoms with E-state index in [1.807, 2.05) is 31.5 Å². The van der Waals surface area contributed by atoms with Crippen LogP contribution in [-0.4, -0.2) is 30.1 Å². The summed E-state index contributed by atoms with van der Waals surface area (Å²) >= 11 is 0. The Morgan fingerprint density at radius 1 is 1.39 bits per heavy atom. The summed E-state index contributed by atoms with van der Waals surface area (Å²) in [7, 11) is 0. The third kappa shape index (κ3) is 3.45. The zero-order valence-corrected chi connectivity index (χ0v) is 10.8. The van der Waals surface area contributed by atoms with Gasteiger partial charge in [-0.1, -0.05) is 6.92 Å². The summed E-state index contributed by atoms with van der Waals surface area (Å²) in [5, 5.41) is 0. The van der Waals surface area contributed by atoms with Crippen molar-refractivity contribution in [2.45, 2.75) is 38.7 Å². The van der Waals surface area contributed by atoms with Gasteiger partial charge in [-0.15, -0.1) is 0 Å². The summed E-state index contributed by atoms with van der Waals surface area (Å²) < 4.78 is 5.44. The molecule has 18 heavy (non-hydrogen) atoms. The van der Waals surface area contributed by atoms with Gasteiger partial charge in [-0.3, -0.25) is 9.78 Å². The molecule has 2 rings (SSSR count). The molecule has 1 aliphatic rings. The van der Waals surface area contributed by atoms with Crippen LogP contribution in [0.1, 0.15) is 32.6 Å². The van der Waals surface area contributed by atoms with Crippen molar-refractivity contribution in [1.29, 1.82) is 0 Å². The van der Waals surface area contributed by atoms with Gasteiger partial charge in [0.05, 0.1) is 0 Å². The molecule has 0 aliphatic carbocycles. The Bertz CT molecular complexity index is 373. The van der Waals surface area contributed by atoms with Crippen LogP contribution < -0.4 is 4.90 Å². The highest BCUT2D eigenvalue weighted by Crippen LogP contribution is 2.20. The Kier molecular flexibility index (Phi) is 4.56. The largest absolute Gasteiger partial charge is 0.462 e. The lowest BCUT2D eigenvalue weighted by atomic mass is 10.1. The normalized spacial score (nSPS) is 16.6. The molecule has 1 aromatic heterocycles. The molecule has 0 amide bonds. The molecule has 98 valence electrons. The summed E-state index contributed by atoms with van der Waals surface area (Å²) in [6.07, 6.45) is 6.93. The second-order valence-electron chi connectivity index (χ2n) is 4.63. The topological polar surface area (TPSA) is 42.4 Å². The van der Waals surface area contributed by atoms with E-state index < -0.39 is 0 Å². The first-order valence-corrected chi connectivity index (χ1v) is 6.64. The Morgan fingerprint density at radius 3 is 2.67 bits per heavy atom. The molecule has 0 unspecified atom stereocenters. The fraction of sp³-hybridized carbons (Fsp3) is 0.571. The minimum Gasteiger partial charge on any atom is -0.462 e. The van der Waals surface area contributed by atoms with Crippen molar-refractivity contribution in [3.05, 3.63) is 24.5 Å². The third-order valence-corrected chi connectivity index (χ3v) is 3.22. The van der Waals surface area contributed by atoms with Crippen LogP contribution in [-0.2, 0) is 9.53 Å². The fourth-order valence-electron chi connectivity index (χ4n) is 2.24. The molecule has 0 bridgehead atoms. The van der Waals surface area contributed by atoms with Crippen LogP contribution in [0.25, 0.3) is 0 Å². The van der Waals surface area contributed by atoms with Crippen LogP contribution >= 0.6 is 0 Å².